The standard InChI is InChI=1S/C58H36N4/c1-4-17-37(18-5-1)42-28-16-30-51-55(42)48-35-47-53(61(40-22-8-3-9-23-40)52-33-31-38-19-10-11-24-41(38)56(47)52)36-54(48)62(51)50-34-32-45(43-25-12-13-26-44(43)50)58-59-49-29-15-14-27-46(49)57(60-58)39-20-6-2-7-21-39/h1-36H. The molecule has 3 heterocycles. The molecule has 0 radical (unpaired) electrons. The minimum Gasteiger partial charge on any atom is -0.309 e. The summed E-state index contributed by atoms with van der Waals surface area (Å²) in [5, 5.41) is 10.7. The maximum atomic E-state index is 5.32. The molecule has 3 aromatic heterocycles. The van der Waals surface area contributed by atoms with E-state index in [1.165, 1.54) is 54.5 Å². The Hall–Kier alpha value is -8.34. The Morgan fingerprint density at radius 1 is 0.323 bits per heavy atom. The molecular formula is C58H36N4. The first-order valence-electron chi connectivity index (χ1n) is 21.2. The maximum absolute atomic E-state index is 5.32. The van der Waals surface area contributed by atoms with E-state index in [2.05, 4.69) is 221 Å². The van der Waals surface area contributed by atoms with Crippen molar-refractivity contribution < 1.29 is 0 Å². The Bertz CT molecular complexity index is 3900. The molecule has 4 heteroatoms. The number of hydrogen-bond acceptors (Lipinski definition) is 2. The molecule has 0 atom stereocenters. The smallest absolute Gasteiger partial charge is 0.161 e. The van der Waals surface area contributed by atoms with Crippen LogP contribution in [0.15, 0.2) is 218 Å². The van der Waals surface area contributed by atoms with Crippen LogP contribution >= 0.6 is 0 Å². The number of fused-ring (bicyclic) bond motifs is 10. The fourth-order valence-electron chi connectivity index (χ4n) is 10.0. The lowest BCUT2D eigenvalue weighted by Gasteiger charge is -2.16. The summed E-state index contributed by atoms with van der Waals surface area (Å²) in [5.74, 6) is 0.709. The molecule has 13 rings (SSSR count). The predicted octanol–water partition coefficient (Wildman–Crippen LogP) is 15.1. The van der Waals surface area contributed by atoms with Crippen molar-refractivity contribution in [2.45, 2.75) is 0 Å². The summed E-state index contributed by atoms with van der Waals surface area (Å²) < 4.78 is 4.93. The Morgan fingerprint density at radius 3 is 1.76 bits per heavy atom. The average molecular weight is 789 g/mol. The van der Waals surface area contributed by atoms with Gasteiger partial charge in [-0.2, -0.15) is 0 Å². The van der Waals surface area contributed by atoms with Crippen LogP contribution < -0.4 is 0 Å². The fourth-order valence-corrected chi connectivity index (χ4v) is 10.0. The van der Waals surface area contributed by atoms with Crippen LogP contribution in [0.4, 0.5) is 0 Å². The van der Waals surface area contributed by atoms with E-state index in [0.29, 0.717) is 5.82 Å². The Balaban J connectivity index is 1.15. The molecular weight excluding hydrogens is 753 g/mol. The fraction of sp³-hybridized carbons (Fsp3) is 0. The summed E-state index contributed by atoms with van der Waals surface area (Å²) in [7, 11) is 0. The van der Waals surface area contributed by atoms with E-state index in [1.807, 2.05) is 6.07 Å². The molecule has 10 aromatic carbocycles. The molecule has 0 fully saturated rings. The molecule has 62 heavy (non-hydrogen) atoms. The quantitative estimate of drug-likeness (QED) is 0.174. The number of rotatable bonds is 5. The molecule has 0 saturated heterocycles. The normalized spacial score (nSPS) is 11.9. The maximum Gasteiger partial charge on any atom is 0.161 e. The summed E-state index contributed by atoms with van der Waals surface area (Å²) >= 11 is 0. The molecule has 0 aliphatic rings. The van der Waals surface area contributed by atoms with E-state index in [1.54, 1.807) is 0 Å². The zero-order chi connectivity index (χ0) is 40.7. The van der Waals surface area contributed by atoms with Gasteiger partial charge in [-0.25, -0.2) is 9.97 Å². The van der Waals surface area contributed by atoms with E-state index < -0.39 is 0 Å². The van der Waals surface area contributed by atoms with Gasteiger partial charge in [0.1, 0.15) is 0 Å². The first-order valence-corrected chi connectivity index (χ1v) is 21.2. The molecule has 0 bridgehead atoms. The van der Waals surface area contributed by atoms with Crippen LogP contribution in [0, 0.1) is 0 Å². The van der Waals surface area contributed by atoms with Crippen molar-refractivity contribution in [3.8, 4) is 45.1 Å². The van der Waals surface area contributed by atoms with Gasteiger partial charge in [0.15, 0.2) is 5.82 Å². The number of benzene rings is 10. The highest BCUT2D eigenvalue weighted by Crippen LogP contribution is 2.45. The van der Waals surface area contributed by atoms with Gasteiger partial charge >= 0.3 is 0 Å². The minimum atomic E-state index is 0.709. The van der Waals surface area contributed by atoms with Crippen molar-refractivity contribution >= 4 is 76.1 Å². The summed E-state index contributed by atoms with van der Waals surface area (Å²) in [4.78, 5) is 10.5. The Labute approximate surface area is 357 Å². The van der Waals surface area contributed by atoms with Gasteiger partial charge in [-0.3, -0.25) is 0 Å². The van der Waals surface area contributed by atoms with Gasteiger partial charge in [0, 0.05) is 49.1 Å². The van der Waals surface area contributed by atoms with Crippen LogP contribution in [0.1, 0.15) is 0 Å². The average Bonchev–Trinajstić information content (AvgIpc) is 3.85. The summed E-state index contributed by atoms with van der Waals surface area (Å²) in [6.45, 7) is 0. The minimum absolute atomic E-state index is 0.709. The van der Waals surface area contributed by atoms with E-state index >= 15 is 0 Å². The second-order valence-corrected chi connectivity index (χ2v) is 16.1. The molecule has 13 aromatic rings. The number of aromatic nitrogens is 4. The molecule has 0 N–H and O–H groups in total. The van der Waals surface area contributed by atoms with Gasteiger partial charge < -0.3 is 9.13 Å². The first kappa shape index (κ1) is 34.5. The molecule has 0 aliphatic carbocycles. The predicted molar refractivity (Wildman–Crippen MR) is 260 cm³/mol. The molecule has 0 saturated carbocycles. The van der Waals surface area contributed by atoms with Crippen molar-refractivity contribution in [1.82, 2.24) is 19.1 Å². The number of hydrogen-bond donors (Lipinski definition) is 0. The highest BCUT2D eigenvalue weighted by molar-refractivity contribution is 6.27. The van der Waals surface area contributed by atoms with Gasteiger partial charge in [0.05, 0.1) is 39.0 Å². The lowest BCUT2D eigenvalue weighted by atomic mass is 9.98. The summed E-state index contributed by atoms with van der Waals surface area (Å²) in [6, 6.07) is 78.6. The molecule has 0 spiro atoms. The van der Waals surface area contributed by atoms with E-state index in [9.17, 15) is 0 Å². The summed E-state index contributed by atoms with van der Waals surface area (Å²) in [6.07, 6.45) is 0. The van der Waals surface area contributed by atoms with Gasteiger partial charge in [-0.05, 0) is 81.9 Å². The van der Waals surface area contributed by atoms with E-state index in [4.69, 9.17) is 9.97 Å². The van der Waals surface area contributed by atoms with Gasteiger partial charge in [-0.1, -0.05) is 164 Å². The van der Waals surface area contributed by atoms with Gasteiger partial charge in [-0.15, -0.1) is 0 Å². The molecule has 4 nitrogen and oxygen atoms in total. The van der Waals surface area contributed by atoms with Crippen LogP contribution in [0.25, 0.3) is 121 Å². The largest absolute Gasteiger partial charge is 0.309 e. The lowest BCUT2D eigenvalue weighted by molar-refractivity contribution is 1.17. The number of para-hydroxylation sites is 2. The van der Waals surface area contributed by atoms with E-state index in [-0.39, 0.29) is 0 Å². The van der Waals surface area contributed by atoms with Crippen molar-refractivity contribution in [2.75, 3.05) is 0 Å². The lowest BCUT2D eigenvalue weighted by Crippen LogP contribution is -1.99. The third-order valence-corrected chi connectivity index (χ3v) is 12.7. The molecule has 0 amide bonds. The van der Waals surface area contributed by atoms with Crippen molar-refractivity contribution in [3.63, 3.8) is 0 Å². The number of nitrogens with zero attached hydrogens (tertiary/aromatic N) is 4. The zero-order valence-electron chi connectivity index (χ0n) is 33.6. The molecule has 0 unspecified atom stereocenters. The Morgan fingerprint density at radius 2 is 0.952 bits per heavy atom. The highest BCUT2D eigenvalue weighted by atomic mass is 15.0. The topological polar surface area (TPSA) is 35.6 Å². The Kier molecular flexibility index (Phi) is 7.57. The van der Waals surface area contributed by atoms with Crippen molar-refractivity contribution in [1.29, 1.82) is 0 Å². The SMILES string of the molecule is c1ccc(-c2nc(-c3ccc(-n4c5cc6c(cc5c5c(-c7ccccc7)cccc54)c4c5ccccc5ccc4n6-c4ccccc4)c4ccccc34)nc3ccccc23)cc1. The van der Waals surface area contributed by atoms with Gasteiger partial charge in [0.25, 0.3) is 0 Å². The van der Waals surface area contributed by atoms with Crippen molar-refractivity contribution in [2.24, 2.45) is 0 Å². The highest BCUT2D eigenvalue weighted by Gasteiger charge is 2.23. The third kappa shape index (κ3) is 5.14. The van der Waals surface area contributed by atoms with Crippen LogP contribution in [-0.2, 0) is 0 Å². The van der Waals surface area contributed by atoms with Crippen LogP contribution in [0.5, 0.6) is 0 Å². The van der Waals surface area contributed by atoms with Crippen LogP contribution in [0.3, 0.4) is 0 Å². The third-order valence-electron chi connectivity index (χ3n) is 12.7. The van der Waals surface area contributed by atoms with Crippen LogP contribution in [-0.4, -0.2) is 19.1 Å². The molecule has 288 valence electrons. The first-order chi connectivity index (χ1) is 30.8. The zero-order valence-corrected chi connectivity index (χ0v) is 33.6. The second-order valence-electron chi connectivity index (χ2n) is 16.1. The summed E-state index contributed by atoms with van der Waals surface area (Å²) in [5.41, 5.74) is 13.2. The molecule has 0 aliphatic heterocycles. The second kappa shape index (κ2) is 13.6. The van der Waals surface area contributed by atoms with Crippen LogP contribution in [0.2, 0.25) is 0 Å². The van der Waals surface area contributed by atoms with E-state index in [0.717, 1.165) is 60.9 Å². The monoisotopic (exact) mass is 788 g/mol. The van der Waals surface area contributed by atoms with Crippen molar-refractivity contribution in [3.05, 3.63) is 218 Å². The van der Waals surface area contributed by atoms with Gasteiger partial charge in [0.2, 0.25) is 0 Å².